The standard InChI is InChI=1S/C20H18ClN3OS/c1-13-5-3-4-6-16(13)18-9-10-20(24-23-18)26-12-19(25)22-15-8-7-14(2)17(21)11-15/h3-11H,12H2,1-2H3,(H,22,25). The first-order valence-corrected chi connectivity index (χ1v) is 9.48. The summed E-state index contributed by atoms with van der Waals surface area (Å²) in [5.74, 6) is 0.142. The molecule has 26 heavy (non-hydrogen) atoms. The third-order valence-corrected chi connectivity index (χ3v) is 5.20. The molecule has 0 fully saturated rings. The Labute approximate surface area is 162 Å². The van der Waals surface area contributed by atoms with Gasteiger partial charge < -0.3 is 5.32 Å². The molecule has 3 rings (SSSR count). The largest absolute Gasteiger partial charge is 0.325 e. The van der Waals surface area contributed by atoms with E-state index in [0.29, 0.717) is 15.7 Å². The van der Waals surface area contributed by atoms with Crippen LogP contribution in [0.3, 0.4) is 0 Å². The molecule has 4 nitrogen and oxygen atoms in total. The van der Waals surface area contributed by atoms with Crippen LogP contribution in [-0.2, 0) is 4.79 Å². The highest BCUT2D eigenvalue weighted by atomic mass is 35.5. The van der Waals surface area contributed by atoms with E-state index in [1.807, 2.05) is 62.4 Å². The zero-order chi connectivity index (χ0) is 18.5. The number of thioether (sulfide) groups is 1. The first-order valence-electron chi connectivity index (χ1n) is 8.11. The van der Waals surface area contributed by atoms with Crippen molar-refractivity contribution in [3.05, 3.63) is 70.7 Å². The minimum atomic E-state index is -0.111. The van der Waals surface area contributed by atoms with Crippen LogP contribution in [0.5, 0.6) is 0 Å². The van der Waals surface area contributed by atoms with Crippen LogP contribution < -0.4 is 5.32 Å². The SMILES string of the molecule is Cc1ccc(NC(=O)CSc2ccc(-c3ccccc3C)nn2)cc1Cl. The van der Waals surface area contributed by atoms with Crippen LogP contribution in [0.2, 0.25) is 5.02 Å². The number of hydrogen-bond donors (Lipinski definition) is 1. The third-order valence-electron chi connectivity index (χ3n) is 3.87. The van der Waals surface area contributed by atoms with Gasteiger partial charge in [-0.25, -0.2) is 0 Å². The van der Waals surface area contributed by atoms with Gasteiger partial charge in [-0.05, 0) is 49.2 Å². The smallest absolute Gasteiger partial charge is 0.234 e. The second-order valence-corrected chi connectivity index (χ2v) is 7.28. The fourth-order valence-electron chi connectivity index (χ4n) is 2.41. The van der Waals surface area contributed by atoms with E-state index in [0.717, 1.165) is 22.4 Å². The van der Waals surface area contributed by atoms with Crippen LogP contribution in [0.25, 0.3) is 11.3 Å². The second-order valence-electron chi connectivity index (χ2n) is 5.87. The number of nitrogens with zero attached hydrogens (tertiary/aromatic N) is 2. The van der Waals surface area contributed by atoms with Gasteiger partial charge in [0.05, 0.1) is 11.4 Å². The van der Waals surface area contributed by atoms with Crippen molar-refractivity contribution in [3.8, 4) is 11.3 Å². The molecule has 0 aliphatic heterocycles. The Hall–Kier alpha value is -2.37. The third kappa shape index (κ3) is 4.62. The topological polar surface area (TPSA) is 54.9 Å². The molecule has 0 saturated carbocycles. The summed E-state index contributed by atoms with van der Waals surface area (Å²) in [7, 11) is 0. The Morgan fingerprint density at radius 2 is 1.85 bits per heavy atom. The van der Waals surface area contributed by atoms with Gasteiger partial charge in [-0.3, -0.25) is 4.79 Å². The molecule has 1 N–H and O–H groups in total. The molecule has 0 aliphatic carbocycles. The Bertz CT molecular complexity index is 929. The van der Waals surface area contributed by atoms with Crippen LogP contribution in [0.15, 0.2) is 59.6 Å². The summed E-state index contributed by atoms with van der Waals surface area (Å²) >= 11 is 7.42. The lowest BCUT2D eigenvalue weighted by molar-refractivity contribution is -0.113. The molecule has 0 radical (unpaired) electrons. The van der Waals surface area contributed by atoms with Crippen molar-refractivity contribution >= 4 is 35.0 Å². The maximum atomic E-state index is 12.1. The number of carbonyl (C=O) groups is 1. The van der Waals surface area contributed by atoms with E-state index in [-0.39, 0.29) is 11.7 Å². The van der Waals surface area contributed by atoms with Crippen molar-refractivity contribution in [1.82, 2.24) is 10.2 Å². The quantitative estimate of drug-likeness (QED) is 0.619. The average Bonchev–Trinajstić information content (AvgIpc) is 2.64. The van der Waals surface area contributed by atoms with Gasteiger partial charge in [0.1, 0.15) is 5.03 Å². The fourth-order valence-corrected chi connectivity index (χ4v) is 3.20. The average molecular weight is 384 g/mol. The van der Waals surface area contributed by atoms with Crippen LogP contribution >= 0.6 is 23.4 Å². The van der Waals surface area contributed by atoms with Crippen molar-refractivity contribution in [2.45, 2.75) is 18.9 Å². The van der Waals surface area contributed by atoms with Crippen LogP contribution in [0.1, 0.15) is 11.1 Å². The van der Waals surface area contributed by atoms with Gasteiger partial charge in [-0.1, -0.05) is 53.7 Å². The highest BCUT2D eigenvalue weighted by molar-refractivity contribution is 7.99. The predicted octanol–water partition coefficient (Wildman–Crippen LogP) is 5.14. The number of benzene rings is 2. The Balaban J connectivity index is 1.58. The zero-order valence-electron chi connectivity index (χ0n) is 14.5. The summed E-state index contributed by atoms with van der Waals surface area (Å²) in [6, 6.07) is 17.3. The molecule has 3 aromatic rings. The number of aryl methyl sites for hydroxylation is 2. The van der Waals surface area contributed by atoms with E-state index in [1.165, 1.54) is 11.8 Å². The van der Waals surface area contributed by atoms with E-state index in [1.54, 1.807) is 6.07 Å². The molecule has 1 aromatic heterocycles. The van der Waals surface area contributed by atoms with E-state index in [2.05, 4.69) is 15.5 Å². The molecule has 0 unspecified atom stereocenters. The lowest BCUT2D eigenvalue weighted by atomic mass is 10.1. The number of carbonyl (C=O) groups excluding carboxylic acids is 1. The monoisotopic (exact) mass is 383 g/mol. The van der Waals surface area contributed by atoms with E-state index in [9.17, 15) is 4.79 Å². The molecule has 0 atom stereocenters. The molecule has 0 bridgehead atoms. The number of nitrogens with one attached hydrogen (secondary N) is 1. The van der Waals surface area contributed by atoms with Crippen molar-refractivity contribution in [2.75, 3.05) is 11.1 Å². The number of aromatic nitrogens is 2. The molecular formula is C20H18ClN3OS. The van der Waals surface area contributed by atoms with Crippen molar-refractivity contribution < 1.29 is 4.79 Å². The van der Waals surface area contributed by atoms with Crippen molar-refractivity contribution in [2.24, 2.45) is 0 Å². The number of halogens is 1. The minimum absolute atomic E-state index is 0.111. The highest BCUT2D eigenvalue weighted by Gasteiger charge is 2.08. The van der Waals surface area contributed by atoms with Gasteiger partial charge in [-0.2, -0.15) is 0 Å². The fraction of sp³-hybridized carbons (Fsp3) is 0.150. The van der Waals surface area contributed by atoms with Gasteiger partial charge in [-0.15, -0.1) is 10.2 Å². The summed E-state index contributed by atoms with van der Waals surface area (Å²) in [4.78, 5) is 12.1. The normalized spacial score (nSPS) is 10.6. The van der Waals surface area contributed by atoms with Crippen molar-refractivity contribution in [3.63, 3.8) is 0 Å². The number of amides is 1. The van der Waals surface area contributed by atoms with E-state index in [4.69, 9.17) is 11.6 Å². The number of anilines is 1. The predicted molar refractivity (Wildman–Crippen MR) is 108 cm³/mol. The summed E-state index contributed by atoms with van der Waals surface area (Å²) in [5.41, 5.74) is 4.70. The van der Waals surface area contributed by atoms with Gasteiger partial charge in [0, 0.05) is 16.3 Å². The summed E-state index contributed by atoms with van der Waals surface area (Å²) < 4.78 is 0. The van der Waals surface area contributed by atoms with Gasteiger partial charge in [0.2, 0.25) is 5.91 Å². The summed E-state index contributed by atoms with van der Waals surface area (Å²) in [6.45, 7) is 3.96. The zero-order valence-corrected chi connectivity index (χ0v) is 16.1. The molecule has 132 valence electrons. The van der Waals surface area contributed by atoms with Crippen LogP contribution in [-0.4, -0.2) is 21.9 Å². The maximum absolute atomic E-state index is 12.1. The Morgan fingerprint density at radius 1 is 1.04 bits per heavy atom. The number of rotatable bonds is 5. The maximum Gasteiger partial charge on any atom is 0.234 e. The van der Waals surface area contributed by atoms with E-state index < -0.39 is 0 Å². The van der Waals surface area contributed by atoms with Gasteiger partial charge >= 0.3 is 0 Å². The Kier molecular flexibility index (Phi) is 5.91. The van der Waals surface area contributed by atoms with Crippen LogP contribution in [0, 0.1) is 13.8 Å². The molecule has 6 heteroatoms. The molecule has 0 aliphatic rings. The van der Waals surface area contributed by atoms with Crippen LogP contribution in [0.4, 0.5) is 5.69 Å². The van der Waals surface area contributed by atoms with E-state index >= 15 is 0 Å². The molecule has 1 amide bonds. The minimum Gasteiger partial charge on any atom is -0.325 e. The molecule has 1 heterocycles. The lowest BCUT2D eigenvalue weighted by Gasteiger charge is -2.07. The van der Waals surface area contributed by atoms with Gasteiger partial charge in [0.15, 0.2) is 0 Å². The molecule has 0 saturated heterocycles. The first kappa shape index (κ1) is 18.4. The highest BCUT2D eigenvalue weighted by Crippen LogP contribution is 2.23. The molecular weight excluding hydrogens is 366 g/mol. The molecule has 2 aromatic carbocycles. The van der Waals surface area contributed by atoms with Crippen molar-refractivity contribution in [1.29, 1.82) is 0 Å². The second kappa shape index (κ2) is 8.34. The lowest BCUT2D eigenvalue weighted by Crippen LogP contribution is -2.14. The first-order chi connectivity index (χ1) is 12.5. The summed E-state index contributed by atoms with van der Waals surface area (Å²) in [6.07, 6.45) is 0. The summed E-state index contributed by atoms with van der Waals surface area (Å²) in [5, 5.41) is 12.7. The van der Waals surface area contributed by atoms with Gasteiger partial charge in [0.25, 0.3) is 0 Å². The molecule has 0 spiro atoms. The Morgan fingerprint density at radius 3 is 2.54 bits per heavy atom. The number of hydrogen-bond acceptors (Lipinski definition) is 4.